The molecular weight excluding hydrogens is 516 g/mol. The summed E-state index contributed by atoms with van der Waals surface area (Å²) >= 11 is 0. The largest absolute Gasteiger partial charge is 0.497 e. The number of aryl methyl sites for hydroxylation is 1. The van der Waals surface area contributed by atoms with Gasteiger partial charge in [0.25, 0.3) is 0 Å². The molecule has 1 aliphatic heterocycles. The number of hydrogen-bond acceptors (Lipinski definition) is 5. The molecule has 0 spiro atoms. The van der Waals surface area contributed by atoms with Crippen molar-refractivity contribution in [3.63, 3.8) is 0 Å². The van der Waals surface area contributed by atoms with Gasteiger partial charge in [0.05, 0.1) is 19.0 Å². The van der Waals surface area contributed by atoms with Crippen LogP contribution in [0.15, 0.2) is 36.5 Å². The van der Waals surface area contributed by atoms with E-state index < -0.39 is 35.0 Å². The molecule has 1 aliphatic rings. The third kappa shape index (κ3) is 6.79. The number of carbonyl (C=O) groups is 1. The van der Waals surface area contributed by atoms with Gasteiger partial charge in [-0.2, -0.15) is 0 Å². The van der Waals surface area contributed by atoms with Gasteiger partial charge in [-0.3, -0.25) is 14.7 Å². The van der Waals surface area contributed by atoms with Gasteiger partial charge in [0.1, 0.15) is 24.3 Å². The normalized spacial score (nSPS) is 16.3. The first kappa shape index (κ1) is 28.6. The van der Waals surface area contributed by atoms with E-state index in [1.54, 1.807) is 31.5 Å². The number of piperidine rings is 1. The number of methoxy groups -OCH3 is 1. The summed E-state index contributed by atoms with van der Waals surface area (Å²) in [7, 11) is 1.55. The average Bonchev–Trinajstić information content (AvgIpc) is 2.90. The maximum absolute atomic E-state index is 15.8. The summed E-state index contributed by atoms with van der Waals surface area (Å²) < 4.78 is 66.4. The number of carboxylic acids is 1. The number of carboxylic acid groups (broad SMARTS) is 1. The van der Waals surface area contributed by atoms with Gasteiger partial charge < -0.3 is 14.6 Å². The van der Waals surface area contributed by atoms with Gasteiger partial charge in [-0.25, -0.2) is 17.6 Å². The second kappa shape index (κ2) is 12.2. The second-order valence-corrected chi connectivity index (χ2v) is 10.2. The Morgan fingerprint density at radius 1 is 1.13 bits per heavy atom. The summed E-state index contributed by atoms with van der Waals surface area (Å²) in [4.78, 5) is 18.2. The topological polar surface area (TPSA) is 71.9 Å². The zero-order valence-electron chi connectivity index (χ0n) is 22.0. The molecule has 0 aliphatic carbocycles. The van der Waals surface area contributed by atoms with Crippen LogP contribution in [0.1, 0.15) is 49.4 Å². The van der Waals surface area contributed by atoms with Crippen LogP contribution >= 0.6 is 0 Å². The van der Waals surface area contributed by atoms with E-state index in [0.717, 1.165) is 17.7 Å². The van der Waals surface area contributed by atoms with Crippen molar-refractivity contribution < 1.29 is 36.9 Å². The maximum atomic E-state index is 15.8. The van der Waals surface area contributed by atoms with Crippen LogP contribution in [0.4, 0.5) is 17.6 Å². The zero-order valence-corrected chi connectivity index (χ0v) is 22.0. The van der Waals surface area contributed by atoms with E-state index in [1.807, 2.05) is 6.92 Å². The number of likely N-dealkylation sites (tertiary alicyclic amines) is 1. The van der Waals surface area contributed by atoms with Crippen LogP contribution in [0.5, 0.6) is 11.5 Å². The Hall–Kier alpha value is -3.40. The molecule has 2 heterocycles. The number of pyridine rings is 1. The highest BCUT2D eigenvalue weighted by Crippen LogP contribution is 2.43. The molecule has 0 radical (unpaired) electrons. The maximum Gasteiger partial charge on any atom is 0.303 e. The van der Waals surface area contributed by atoms with Gasteiger partial charge in [-0.1, -0.05) is 0 Å². The molecule has 6 nitrogen and oxygen atoms in total. The first-order chi connectivity index (χ1) is 18.6. The third-order valence-corrected chi connectivity index (χ3v) is 7.63. The molecule has 1 saturated heterocycles. The lowest BCUT2D eigenvalue weighted by Crippen LogP contribution is -2.42. The number of fused-ring (bicyclic) bond motifs is 1. The molecule has 3 aromatic rings. The summed E-state index contributed by atoms with van der Waals surface area (Å²) in [5.41, 5.74) is 1.39. The van der Waals surface area contributed by atoms with Crippen molar-refractivity contribution in [2.75, 3.05) is 33.4 Å². The highest BCUT2D eigenvalue weighted by Gasteiger charge is 2.37. The fourth-order valence-corrected chi connectivity index (χ4v) is 5.41. The van der Waals surface area contributed by atoms with E-state index >= 15 is 4.39 Å². The Morgan fingerprint density at radius 2 is 1.82 bits per heavy atom. The molecule has 10 heteroatoms. The number of hydrogen-bond donors (Lipinski definition) is 1. The van der Waals surface area contributed by atoms with Crippen molar-refractivity contribution >= 4 is 16.9 Å². The first-order valence-electron chi connectivity index (χ1n) is 12.9. The Balaban J connectivity index is 1.38. The van der Waals surface area contributed by atoms with Crippen molar-refractivity contribution in [3.05, 3.63) is 65.1 Å². The SMILES string of the molecule is COc1ccc2ncc(C)c(C(F)CCC3(CC(=O)O)CCN(CCOc4cc(F)c(F)c(F)c4)CC3)c2c1. The molecule has 39 heavy (non-hydrogen) atoms. The van der Waals surface area contributed by atoms with E-state index in [1.165, 1.54) is 0 Å². The van der Waals surface area contributed by atoms with Crippen LogP contribution in [0.3, 0.4) is 0 Å². The standard InChI is InChI=1S/C29H32F4N2O4/c1-18-17-34-25-4-3-19(38-2)13-21(25)27(18)22(30)5-6-29(16-26(36)37)7-9-35(10-8-29)11-12-39-20-14-23(31)28(33)24(32)15-20/h3-4,13-15,17,22H,5-12,16H2,1-2H3,(H,36,37). The average molecular weight is 549 g/mol. The quantitative estimate of drug-likeness (QED) is 0.221. The molecule has 2 aromatic carbocycles. The first-order valence-corrected chi connectivity index (χ1v) is 12.9. The third-order valence-electron chi connectivity index (χ3n) is 7.63. The van der Waals surface area contributed by atoms with Crippen LogP contribution in [0, 0.1) is 29.8 Å². The van der Waals surface area contributed by atoms with Crippen LogP contribution in [-0.2, 0) is 4.79 Å². The van der Waals surface area contributed by atoms with E-state index in [4.69, 9.17) is 9.47 Å². The number of benzene rings is 2. The minimum Gasteiger partial charge on any atom is -0.497 e. The van der Waals surface area contributed by atoms with E-state index in [9.17, 15) is 23.1 Å². The van der Waals surface area contributed by atoms with Gasteiger partial charge in [0.2, 0.25) is 0 Å². The van der Waals surface area contributed by atoms with Gasteiger partial charge in [-0.15, -0.1) is 0 Å². The van der Waals surface area contributed by atoms with E-state index in [2.05, 4.69) is 9.88 Å². The smallest absolute Gasteiger partial charge is 0.303 e. The minimum absolute atomic E-state index is 0.0535. The van der Waals surface area contributed by atoms with Gasteiger partial charge >= 0.3 is 5.97 Å². The Bertz CT molecular complexity index is 1310. The van der Waals surface area contributed by atoms with Gasteiger partial charge in [0, 0.05) is 30.3 Å². The highest BCUT2D eigenvalue weighted by atomic mass is 19.2. The van der Waals surface area contributed by atoms with Crippen LogP contribution < -0.4 is 9.47 Å². The fraction of sp³-hybridized carbons (Fsp3) is 0.448. The lowest BCUT2D eigenvalue weighted by Gasteiger charge is -2.41. The van der Waals surface area contributed by atoms with Crippen molar-refractivity contribution in [1.82, 2.24) is 9.88 Å². The predicted octanol–water partition coefficient (Wildman–Crippen LogP) is 6.40. The summed E-state index contributed by atoms with van der Waals surface area (Å²) in [5.74, 6) is -4.59. The molecule has 1 fully saturated rings. The van der Waals surface area contributed by atoms with Crippen molar-refractivity contribution in [3.8, 4) is 11.5 Å². The Kier molecular flexibility index (Phi) is 8.94. The number of halogens is 4. The minimum atomic E-state index is -1.55. The molecule has 4 rings (SSSR count). The predicted molar refractivity (Wildman–Crippen MR) is 138 cm³/mol. The second-order valence-electron chi connectivity index (χ2n) is 10.2. The van der Waals surface area contributed by atoms with Crippen molar-refractivity contribution in [1.29, 1.82) is 0 Å². The van der Waals surface area contributed by atoms with Crippen LogP contribution in [0.2, 0.25) is 0 Å². The highest BCUT2D eigenvalue weighted by molar-refractivity contribution is 5.85. The molecule has 0 amide bonds. The number of ether oxygens (including phenoxy) is 2. The molecule has 1 aromatic heterocycles. The van der Waals surface area contributed by atoms with Crippen LogP contribution in [0.25, 0.3) is 10.9 Å². The Morgan fingerprint density at radius 3 is 2.46 bits per heavy atom. The molecular formula is C29H32F4N2O4. The number of nitrogens with zero attached hydrogens (tertiary/aromatic N) is 2. The molecule has 0 saturated carbocycles. The molecule has 1 N–H and O–H groups in total. The van der Waals surface area contributed by atoms with E-state index in [0.29, 0.717) is 61.1 Å². The fourth-order valence-electron chi connectivity index (χ4n) is 5.41. The van der Waals surface area contributed by atoms with E-state index in [-0.39, 0.29) is 25.2 Å². The number of rotatable bonds is 11. The lowest BCUT2D eigenvalue weighted by atomic mass is 9.71. The zero-order chi connectivity index (χ0) is 28.2. The molecule has 210 valence electrons. The number of alkyl halides is 1. The number of aliphatic carboxylic acids is 1. The summed E-state index contributed by atoms with van der Waals surface area (Å²) in [6.07, 6.45) is 2.02. The Labute approximate surface area is 224 Å². The summed E-state index contributed by atoms with van der Waals surface area (Å²) in [5, 5.41) is 10.3. The monoisotopic (exact) mass is 548 g/mol. The van der Waals surface area contributed by atoms with Crippen molar-refractivity contribution in [2.24, 2.45) is 5.41 Å². The van der Waals surface area contributed by atoms with Gasteiger partial charge in [-0.05, 0) is 80.4 Å². The summed E-state index contributed by atoms with van der Waals surface area (Å²) in [6.45, 7) is 3.54. The molecule has 0 bridgehead atoms. The van der Waals surface area contributed by atoms with Crippen molar-refractivity contribution in [2.45, 2.75) is 45.2 Å². The molecule has 1 atom stereocenters. The van der Waals surface area contributed by atoms with Crippen LogP contribution in [-0.4, -0.2) is 54.3 Å². The number of aromatic nitrogens is 1. The van der Waals surface area contributed by atoms with Gasteiger partial charge in [0.15, 0.2) is 17.5 Å². The molecule has 1 unspecified atom stereocenters. The lowest BCUT2D eigenvalue weighted by molar-refractivity contribution is -0.141. The summed E-state index contributed by atoms with van der Waals surface area (Å²) in [6, 6.07) is 6.93.